The first-order chi connectivity index (χ1) is 18.6. The SMILES string of the molecule is CCCN(CCC)S(=O)(=O)c1cccc(-c2nn(-c3ccccc3)cc2C=C2SC(=S)N(CC(C)C)C2=O)c1. The molecule has 0 saturated carbocycles. The molecule has 1 fully saturated rings. The first-order valence-electron chi connectivity index (χ1n) is 13.2. The van der Waals surface area contributed by atoms with Gasteiger partial charge >= 0.3 is 0 Å². The Bertz CT molecular complexity index is 1470. The number of amides is 1. The molecule has 0 aliphatic carbocycles. The van der Waals surface area contributed by atoms with Crippen molar-refractivity contribution in [1.82, 2.24) is 19.0 Å². The molecule has 0 radical (unpaired) electrons. The molecule has 1 saturated heterocycles. The van der Waals surface area contributed by atoms with E-state index in [1.165, 1.54) is 16.1 Å². The van der Waals surface area contributed by atoms with Gasteiger partial charge in [0.1, 0.15) is 10.0 Å². The molecule has 0 bridgehead atoms. The highest BCUT2D eigenvalue weighted by atomic mass is 32.2. The highest BCUT2D eigenvalue weighted by molar-refractivity contribution is 8.26. The molecule has 0 spiro atoms. The summed E-state index contributed by atoms with van der Waals surface area (Å²) in [6.45, 7) is 9.53. The van der Waals surface area contributed by atoms with E-state index >= 15 is 0 Å². The molecule has 206 valence electrons. The number of carbonyl (C=O) groups is 1. The molecule has 1 amide bonds. The fourth-order valence-electron chi connectivity index (χ4n) is 4.40. The molecule has 2 heterocycles. The summed E-state index contributed by atoms with van der Waals surface area (Å²) in [6.07, 6.45) is 5.14. The lowest BCUT2D eigenvalue weighted by atomic mass is 10.1. The topological polar surface area (TPSA) is 75.5 Å². The minimum Gasteiger partial charge on any atom is -0.293 e. The lowest BCUT2D eigenvalue weighted by molar-refractivity contribution is -0.122. The molecule has 3 aromatic rings. The van der Waals surface area contributed by atoms with Gasteiger partial charge in [-0.15, -0.1) is 0 Å². The Morgan fingerprint density at radius 1 is 1.05 bits per heavy atom. The predicted octanol–water partition coefficient (Wildman–Crippen LogP) is 6.21. The molecule has 1 aromatic heterocycles. The lowest BCUT2D eigenvalue weighted by Gasteiger charge is -2.21. The molecule has 39 heavy (non-hydrogen) atoms. The fraction of sp³-hybridized carbons (Fsp3) is 0.345. The third-order valence-electron chi connectivity index (χ3n) is 6.16. The molecule has 4 rings (SSSR count). The normalized spacial score (nSPS) is 15.3. The van der Waals surface area contributed by atoms with Crippen LogP contribution in [0.4, 0.5) is 0 Å². The molecule has 2 aromatic carbocycles. The number of thiocarbonyl (C=S) groups is 1. The third-order valence-corrected chi connectivity index (χ3v) is 9.43. The van der Waals surface area contributed by atoms with Crippen molar-refractivity contribution in [3.05, 3.63) is 71.3 Å². The molecule has 1 aliphatic rings. The van der Waals surface area contributed by atoms with Crippen LogP contribution in [0.15, 0.2) is 70.6 Å². The van der Waals surface area contributed by atoms with E-state index in [0.717, 1.165) is 18.5 Å². The third kappa shape index (κ3) is 6.51. The summed E-state index contributed by atoms with van der Waals surface area (Å²) in [5, 5.41) is 4.84. The van der Waals surface area contributed by atoms with E-state index in [4.69, 9.17) is 17.3 Å². The zero-order valence-electron chi connectivity index (χ0n) is 22.7. The van der Waals surface area contributed by atoms with Crippen molar-refractivity contribution < 1.29 is 13.2 Å². The van der Waals surface area contributed by atoms with E-state index in [-0.39, 0.29) is 16.7 Å². The van der Waals surface area contributed by atoms with Gasteiger partial charge in [0, 0.05) is 37.0 Å². The van der Waals surface area contributed by atoms with E-state index in [9.17, 15) is 13.2 Å². The van der Waals surface area contributed by atoms with E-state index in [1.807, 2.05) is 76.4 Å². The van der Waals surface area contributed by atoms with Crippen LogP contribution in [0.3, 0.4) is 0 Å². The first-order valence-corrected chi connectivity index (χ1v) is 15.8. The van der Waals surface area contributed by atoms with Crippen molar-refractivity contribution >= 4 is 50.3 Å². The summed E-state index contributed by atoms with van der Waals surface area (Å²) in [5.74, 6) is 0.163. The van der Waals surface area contributed by atoms with Crippen molar-refractivity contribution in [2.45, 2.75) is 45.4 Å². The molecule has 10 heteroatoms. The number of hydrogen-bond acceptors (Lipinski definition) is 6. The second-order valence-electron chi connectivity index (χ2n) is 9.83. The summed E-state index contributed by atoms with van der Waals surface area (Å²) in [7, 11) is -3.67. The van der Waals surface area contributed by atoms with E-state index in [2.05, 4.69) is 0 Å². The quantitative estimate of drug-likeness (QED) is 0.198. The number of nitrogens with zero attached hydrogens (tertiary/aromatic N) is 4. The largest absolute Gasteiger partial charge is 0.293 e. The second kappa shape index (κ2) is 12.6. The van der Waals surface area contributed by atoms with Crippen LogP contribution in [0, 0.1) is 5.92 Å². The van der Waals surface area contributed by atoms with Crippen LogP contribution >= 0.6 is 24.0 Å². The van der Waals surface area contributed by atoms with Crippen LogP contribution in [0.5, 0.6) is 0 Å². The van der Waals surface area contributed by atoms with Gasteiger partial charge in [-0.3, -0.25) is 9.69 Å². The summed E-state index contributed by atoms with van der Waals surface area (Å²) in [6, 6.07) is 16.6. The van der Waals surface area contributed by atoms with Gasteiger partial charge in [-0.25, -0.2) is 13.1 Å². The highest BCUT2D eigenvalue weighted by Gasteiger charge is 2.33. The second-order valence-corrected chi connectivity index (χ2v) is 13.4. The van der Waals surface area contributed by atoms with Crippen molar-refractivity contribution in [1.29, 1.82) is 0 Å². The van der Waals surface area contributed by atoms with Crippen LogP contribution in [-0.2, 0) is 14.8 Å². The van der Waals surface area contributed by atoms with Gasteiger partial charge in [0.15, 0.2) is 0 Å². The van der Waals surface area contributed by atoms with Crippen LogP contribution in [0.1, 0.15) is 46.1 Å². The molecule has 7 nitrogen and oxygen atoms in total. The lowest BCUT2D eigenvalue weighted by Crippen LogP contribution is -2.32. The van der Waals surface area contributed by atoms with Gasteiger partial charge in [-0.1, -0.05) is 82.0 Å². The first kappa shape index (κ1) is 29.2. The number of benzene rings is 2. The number of aromatic nitrogens is 2. The van der Waals surface area contributed by atoms with E-state index in [1.54, 1.807) is 27.8 Å². The summed E-state index contributed by atoms with van der Waals surface area (Å²) < 4.78 is 30.8. The number of thioether (sulfide) groups is 1. The number of hydrogen-bond donors (Lipinski definition) is 0. The Hall–Kier alpha value is -2.79. The van der Waals surface area contributed by atoms with Crippen LogP contribution in [-0.4, -0.2) is 57.3 Å². The van der Waals surface area contributed by atoms with Crippen molar-refractivity contribution in [2.24, 2.45) is 5.92 Å². The molecular weight excluding hydrogens is 549 g/mol. The predicted molar refractivity (Wildman–Crippen MR) is 163 cm³/mol. The standard InChI is InChI=1S/C29H34N4O3S3/c1-5-15-31(16-6-2)39(35,36)25-14-10-11-22(17-25)27-23(20-33(30-27)24-12-8-7-9-13-24)18-26-28(34)32(19-21(3)4)29(37)38-26/h7-14,17-18,20-21H,5-6,15-16,19H2,1-4H3. The Morgan fingerprint density at radius 2 is 1.74 bits per heavy atom. The summed E-state index contributed by atoms with van der Waals surface area (Å²) in [5.41, 5.74) is 2.80. The number of para-hydroxylation sites is 1. The maximum atomic E-state index is 13.5. The Labute approximate surface area is 240 Å². The van der Waals surface area contributed by atoms with Gasteiger partial charge in [-0.05, 0) is 49.1 Å². The Kier molecular flexibility index (Phi) is 9.43. The van der Waals surface area contributed by atoms with Gasteiger partial charge in [0.2, 0.25) is 10.0 Å². The number of rotatable bonds is 11. The monoisotopic (exact) mass is 582 g/mol. The Balaban J connectivity index is 1.81. The van der Waals surface area contributed by atoms with Crippen LogP contribution in [0.2, 0.25) is 0 Å². The molecular formula is C29H34N4O3S3. The maximum absolute atomic E-state index is 13.5. The number of sulfonamides is 1. The molecule has 0 N–H and O–H groups in total. The zero-order chi connectivity index (χ0) is 28.2. The Morgan fingerprint density at radius 3 is 2.38 bits per heavy atom. The van der Waals surface area contributed by atoms with Gasteiger partial charge in [0.25, 0.3) is 5.91 Å². The fourth-order valence-corrected chi connectivity index (χ4v) is 7.33. The van der Waals surface area contributed by atoms with Crippen molar-refractivity contribution in [2.75, 3.05) is 19.6 Å². The zero-order valence-corrected chi connectivity index (χ0v) is 25.2. The van der Waals surface area contributed by atoms with Gasteiger partial charge < -0.3 is 0 Å². The maximum Gasteiger partial charge on any atom is 0.266 e. The molecule has 0 unspecified atom stereocenters. The van der Waals surface area contributed by atoms with E-state index in [0.29, 0.717) is 45.7 Å². The van der Waals surface area contributed by atoms with Gasteiger partial charge in [-0.2, -0.15) is 9.40 Å². The smallest absolute Gasteiger partial charge is 0.266 e. The van der Waals surface area contributed by atoms with Gasteiger partial charge in [0.05, 0.1) is 15.5 Å². The summed E-state index contributed by atoms with van der Waals surface area (Å²) >= 11 is 6.78. The highest BCUT2D eigenvalue weighted by Crippen LogP contribution is 2.35. The minimum absolute atomic E-state index is 0.122. The van der Waals surface area contributed by atoms with E-state index < -0.39 is 10.0 Å². The van der Waals surface area contributed by atoms with Crippen LogP contribution < -0.4 is 0 Å². The average Bonchev–Trinajstić information content (AvgIpc) is 3.45. The summed E-state index contributed by atoms with van der Waals surface area (Å²) in [4.78, 5) is 15.6. The van der Waals surface area contributed by atoms with Crippen molar-refractivity contribution in [3.8, 4) is 16.9 Å². The number of carbonyl (C=O) groups excluding carboxylic acids is 1. The molecule has 0 atom stereocenters. The average molecular weight is 583 g/mol. The molecule has 1 aliphatic heterocycles. The van der Waals surface area contributed by atoms with Crippen LogP contribution in [0.25, 0.3) is 23.0 Å². The van der Waals surface area contributed by atoms with Crippen molar-refractivity contribution in [3.63, 3.8) is 0 Å². The minimum atomic E-state index is -3.67.